The normalized spacial score (nSPS) is 15.6. The van der Waals surface area contributed by atoms with Gasteiger partial charge < -0.3 is 0 Å². The lowest BCUT2D eigenvalue weighted by Gasteiger charge is -2.05. The lowest BCUT2D eigenvalue weighted by atomic mass is 10.1. The van der Waals surface area contributed by atoms with Gasteiger partial charge in [-0.2, -0.15) is 0 Å². The Morgan fingerprint density at radius 3 is 2.00 bits per heavy atom. The van der Waals surface area contributed by atoms with Crippen molar-refractivity contribution in [2.24, 2.45) is 0 Å². The lowest BCUT2D eigenvalue weighted by molar-refractivity contribution is -0.135. The van der Waals surface area contributed by atoms with Crippen molar-refractivity contribution in [3.05, 3.63) is 0 Å². The Hall–Kier alpha value is 0.300. The fourth-order valence-corrected chi connectivity index (χ4v) is 0.987. The van der Waals surface area contributed by atoms with Gasteiger partial charge in [-0.25, -0.2) is 0 Å². The largest absolute Gasteiger partial charge is 0.290 e. The molecule has 64 valence electrons. The summed E-state index contributed by atoms with van der Waals surface area (Å²) in [6, 6.07) is 0. The quantitative estimate of drug-likeness (QED) is 0.585. The molecular weight excluding hydrogens is 276 g/mol. The van der Waals surface area contributed by atoms with Crippen LogP contribution in [0, 0.1) is 0 Å². The predicted octanol–water partition coefficient (Wildman–Crippen LogP) is 2.08. The first-order chi connectivity index (χ1) is 5.00. The van der Waals surface area contributed by atoms with Crippen LogP contribution in [0.2, 0.25) is 0 Å². The fraction of sp³-hybridized carbons (Fsp3) is 0.714. The molecule has 0 aromatic heterocycles. The molecule has 0 aliphatic carbocycles. The van der Waals surface area contributed by atoms with Crippen LogP contribution in [0.15, 0.2) is 0 Å². The highest BCUT2D eigenvalue weighted by Crippen LogP contribution is 2.10. The van der Waals surface area contributed by atoms with E-state index in [1.54, 1.807) is 6.92 Å². The molecule has 0 heterocycles. The van der Waals surface area contributed by atoms with Crippen molar-refractivity contribution < 1.29 is 9.59 Å². The molecule has 0 saturated heterocycles. The van der Waals surface area contributed by atoms with Crippen LogP contribution in [0.25, 0.3) is 0 Å². The Morgan fingerprint density at radius 1 is 1.27 bits per heavy atom. The van der Waals surface area contributed by atoms with Crippen molar-refractivity contribution in [1.82, 2.24) is 0 Å². The second-order valence-corrected chi connectivity index (χ2v) is 4.70. The molecular formula is C7H10Br2O2. The van der Waals surface area contributed by atoms with Gasteiger partial charge in [0.1, 0.15) is 0 Å². The Balaban J connectivity index is 4.14. The topological polar surface area (TPSA) is 34.1 Å². The first-order valence-corrected chi connectivity index (χ1v) is 5.20. The molecule has 0 rings (SSSR count). The maximum Gasteiger partial charge on any atom is 0.213 e. The van der Waals surface area contributed by atoms with Crippen molar-refractivity contribution in [3.63, 3.8) is 0 Å². The van der Waals surface area contributed by atoms with Gasteiger partial charge in [-0.15, -0.1) is 0 Å². The first kappa shape index (κ1) is 11.3. The molecule has 0 fully saturated rings. The number of ketones is 2. The van der Waals surface area contributed by atoms with Crippen LogP contribution in [-0.4, -0.2) is 21.2 Å². The Kier molecular flexibility index (Phi) is 5.17. The van der Waals surface area contributed by atoms with Crippen molar-refractivity contribution >= 4 is 43.4 Å². The third-order valence-electron chi connectivity index (χ3n) is 1.25. The summed E-state index contributed by atoms with van der Waals surface area (Å²) in [5.74, 6) is -0.717. The summed E-state index contributed by atoms with van der Waals surface area (Å²) in [5, 5.41) is 0. The molecule has 0 saturated carbocycles. The highest BCUT2D eigenvalue weighted by molar-refractivity contribution is 9.10. The zero-order valence-corrected chi connectivity index (χ0v) is 9.61. The number of halogens is 2. The Bertz CT molecular complexity index is 166. The minimum absolute atomic E-state index is 0.324. The number of hydrogen-bond acceptors (Lipinski definition) is 2. The van der Waals surface area contributed by atoms with E-state index in [4.69, 9.17) is 0 Å². The zero-order chi connectivity index (χ0) is 9.02. The van der Waals surface area contributed by atoms with E-state index in [1.165, 1.54) is 0 Å². The van der Waals surface area contributed by atoms with Crippen LogP contribution < -0.4 is 0 Å². The summed E-state index contributed by atoms with van der Waals surface area (Å²) in [4.78, 5) is 21.4. The molecule has 0 aliphatic rings. The van der Waals surface area contributed by atoms with E-state index in [0.29, 0.717) is 6.42 Å². The first-order valence-electron chi connectivity index (χ1n) is 3.36. The monoisotopic (exact) mass is 284 g/mol. The highest BCUT2D eigenvalue weighted by atomic mass is 79.9. The number of carbonyl (C=O) groups excluding carboxylic acids is 2. The summed E-state index contributed by atoms with van der Waals surface area (Å²) in [5.41, 5.74) is 0. The zero-order valence-electron chi connectivity index (χ0n) is 6.43. The molecule has 11 heavy (non-hydrogen) atoms. The Morgan fingerprint density at radius 2 is 1.73 bits per heavy atom. The van der Waals surface area contributed by atoms with Gasteiger partial charge in [0.2, 0.25) is 11.6 Å². The molecule has 0 aromatic carbocycles. The van der Waals surface area contributed by atoms with E-state index < -0.39 is 0 Å². The number of Topliss-reactive ketones (excluding diaryl/α,β-unsaturated/α-hetero) is 2. The van der Waals surface area contributed by atoms with Crippen LogP contribution in [0.1, 0.15) is 20.3 Å². The minimum Gasteiger partial charge on any atom is -0.290 e. The number of rotatable bonds is 4. The molecule has 2 atom stereocenters. The van der Waals surface area contributed by atoms with E-state index in [0.717, 1.165) is 0 Å². The van der Waals surface area contributed by atoms with Gasteiger partial charge in [-0.3, -0.25) is 9.59 Å². The number of hydrogen-bond donors (Lipinski definition) is 0. The van der Waals surface area contributed by atoms with Crippen LogP contribution in [0.3, 0.4) is 0 Å². The second kappa shape index (κ2) is 5.04. The standard InChI is InChI=1S/C7H10Br2O2/c1-3-5(9)7(11)6(10)4(2)8/h4-5H,3H2,1-2H3. The SMILES string of the molecule is CCC(Br)C(=O)C(=O)C(C)Br. The predicted molar refractivity (Wildman–Crippen MR) is 51.4 cm³/mol. The van der Waals surface area contributed by atoms with Crippen LogP contribution in [-0.2, 0) is 9.59 Å². The summed E-state index contributed by atoms with van der Waals surface area (Å²) < 4.78 is 0. The Labute approximate surface area is 83.0 Å². The van der Waals surface area contributed by atoms with Crippen molar-refractivity contribution in [1.29, 1.82) is 0 Å². The maximum absolute atomic E-state index is 11.1. The van der Waals surface area contributed by atoms with Crippen molar-refractivity contribution in [2.75, 3.05) is 0 Å². The minimum atomic E-state index is -0.374. The third kappa shape index (κ3) is 3.47. The number of alkyl halides is 2. The highest BCUT2D eigenvalue weighted by Gasteiger charge is 2.24. The molecule has 4 heteroatoms. The molecule has 0 bridgehead atoms. The third-order valence-corrected chi connectivity index (χ3v) is 2.73. The van der Waals surface area contributed by atoms with E-state index in [1.807, 2.05) is 6.92 Å². The lowest BCUT2D eigenvalue weighted by Crippen LogP contribution is -2.28. The van der Waals surface area contributed by atoms with Gasteiger partial charge in [0.15, 0.2) is 0 Å². The smallest absolute Gasteiger partial charge is 0.213 e. The average Bonchev–Trinajstić information content (AvgIpc) is 2.00. The van der Waals surface area contributed by atoms with Crippen molar-refractivity contribution in [3.8, 4) is 0 Å². The van der Waals surface area contributed by atoms with Gasteiger partial charge in [-0.05, 0) is 13.3 Å². The van der Waals surface area contributed by atoms with Crippen molar-refractivity contribution in [2.45, 2.75) is 29.9 Å². The molecule has 2 unspecified atom stereocenters. The van der Waals surface area contributed by atoms with Gasteiger partial charge >= 0.3 is 0 Å². The van der Waals surface area contributed by atoms with Crippen LogP contribution in [0.4, 0.5) is 0 Å². The second-order valence-electron chi connectivity index (χ2n) is 2.22. The van der Waals surface area contributed by atoms with E-state index >= 15 is 0 Å². The van der Waals surface area contributed by atoms with Gasteiger partial charge in [-0.1, -0.05) is 38.8 Å². The fourth-order valence-electron chi connectivity index (χ4n) is 0.536. The summed E-state index contributed by atoms with van der Waals surface area (Å²) >= 11 is 6.17. The molecule has 0 N–H and O–H groups in total. The maximum atomic E-state index is 11.1. The van der Waals surface area contributed by atoms with E-state index in [-0.39, 0.29) is 21.2 Å². The molecule has 0 spiro atoms. The summed E-state index contributed by atoms with van der Waals surface area (Å²) in [6.45, 7) is 3.50. The molecule has 0 aromatic rings. The summed E-state index contributed by atoms with van der Waals surface area (Å²) in [7, 11) is 0. The summed E-state index contributed by atoms with van der Waals surface area (Å²) in [6.07, 6.45) is 0.643. The van der Waals surface area contributed by atoms with E-state index in [2.05, 4.69) is 31.9 Å². The van der Waals surface area contributed by atoms with E-state index in [9.17, 15) is 9.59 Å². The average molecular weight is 286 g/mol. The van der Waals surface area contributed by atoms with Crippen LogP contribution >= 0.6 is 31.9 Å². The van der Waals surface area contributed by atoms with Gasteiger partial charge in [0.05, 0.1) is 9.65 Å². The number of carbonyl (C=O) groups is 2. The van der Waals surface area contributed by atoms with Gasteiger partial charge in [0, 0.05) is 0 Å². The molecule has 0 aliphatic heterocycles. The van der Waals surface area contributed by atoms with Crippen LogP contribution in [0.5, 0.6) is 0 Å². The molecule has 0 radical (unpaired) electrons. The molecule has 2 nitrogen and oxygen atoms in total. The molecule has 0 amide bonds. The van der Waals surface area contributed by atoms with Gasteiger partial charge in [0.25, 0.3) is 0 Å².